The summed E-state index contributed by atoms with van der Waals surface area (Å²) in [5, 5.41) is 10.4. The SMILES string of the molecule is CCOc1ccccc1/C=C(\NC(=O)c1ccccc1)C(=O)Nc1ccc(SC(C(=O)Nc2ccc3ccccc3c2)c2ccccc2)cc1. The zero-order valence-electron chi connectivity index (χ0n) is 27.3. The van der Waals surface area contributed by atoms with Crippen LogP contribution in [0.3, 0.4) is 0 Å². The molecule has 8 heteroatoms. The average molecular weight is 678 g/mol. The van der Waals surface area contributed by atoms with Gasteiger partial charge in [-0.1, -0.05) is 97.1 Å². The van der Waals surface area contributed by atoms with Crippen LogP contribution in [-0.4, -0.2) is 24.3 Å². The number of hydrogen-bond donors (Lipinski definition) is 3. The maximum absolute atomic E-state index is 13.7. The van der Waals surface area contributed by atoms with Crippen LogP contribution in [0.2, 0.25) is 0 Å². The first kappa shape index (κ1) is 33.8. The summed E-state index contributed by atoms with van der Waals surface area (Å²) in [5.74, 6) is -0.474. The summed E-state index contributed by atoms with van der Waals surface area (Å²) in [6.07, 6.45) is 1.60. The Morgan fingerprint density at radius 2 is 1.32 bits per heavy atom. The van der Waals surface area contributed by atoms with E-state index in [-0.39, 0.29) is 11.6 Å². The van der Waals surface area contributed by atoms with Gasteiger partial charge < -0.3 is 20.7 Å². The van der Waals surface area contributed by atoms with Crippen molar-refractivity contribution < 1.29 is 19.1 Å². The average Bonchev–Trinajstić information content (AvgIpc) is 3.15. The molecule has 7 nitrogen and oxygen atoms in total. The van der Waals surface area contributed by atoms with Gasteiger partial charge in [0.15, 0.2) is 0 Å². The van der Waals surface area contributed by atoms with Crippen LogP contribution in [-0.2, 0) is 9.59 Å². The molecule has 0 aromatic heterocycles. The zero-order chi connectivity index (χ0) is 34.7. The molecular weight excluding hydrogens is 643 g/mol. The van der Waals surface area contributed by atoms with E-state index in [0.29, 0.717) is 29.2 Å². The van der Waals surface area contributed by atoms with Gasteiger partial charge in [-0.2, -0.15) is 0 Å². The topological polar surface area (TPSA) is 96.5 Å². The molecule has 0 saturated carbocycles. The van der Waals surface area contributed by atoms with Gasteiger partial charge in [-0.25, -0.2) is 0 Å². The van der Waals surface area contributed by atoms with E-state index in [1.54, 1.807) is 42.5 Å². The number of fused-ring (bicyclic) bond motifs is 1. The molecule has 0 saturated heterocycles. The fourth-order valence-corrected chi connectivity index (χ4v) is 6.34. The number of ether oxygens (including phenoxy) is 1. The highest BCUT2D eigenvalue weighted by Gasteiger charge is 2.23. The number of para-hydroxylation sites is 1. The minimum Gasteiger partial charge on any atom is -0.493 e. The number of carbonyl (C=O) groups is 3. The van der Waals surface area contributed by atoms with Gasteiger partial charge in [0.2, 0.25) is 5.91 Å². The fourth-order valence-electron chi connectivity index (χ4n) is 5.31. The molecule has 0 spiro atoms. The van der Waals surface area contributed by atoms with Crippen LogP contribution in [0.4, 0.5) is 11.4 Å². The third-order valence-electron chi connectivity index (χ3n) is 7.77. The highest BCUT2D eigenvalue weighted by atomic mass is 32.2. The Morgan fingerprint density at radius 3 is 2.06 bits per heavy atom. The van der Waals surface area contributed by atoms with E-state index in [2.05, 4.69) is 16.0 Å². The Bertz CT molecular complexity index is 2130. The molecule has 0 fully saturated rings. The van der Waals surface area contributed by atoms with Gasteiger partial charge in [-0.05, 0) is 83.9 Å². The maximum Gasteiger partial charge on any atom is 0.272 e. The summed E-state index contributed by atoms with van der Waals surface area (Å²) in [6, 6.07) is 46.8. The molecule has 6 aromatic rings. The van der Waals surface area contributed by atoms with Crippen molar-refractivity contribution in [1.29, 1.82) is 0 Å². The molecule has 0 bridgehead atoms. The summed E-state index contributed by atoms with van der Waals surface area (Å²) in [4.78, 5) is 41.3. The van der Waals surface area contributed by atoms with Gasteiger partial charge >= 0.3 is 0 Å². The first-order valence-corrected chi connectivity index (χ1v) is 17.1. The Hall–Kier alpha value is -6.12. The summed E-state index contributed by atoms with van der Waals surface area (Å²) in [7, 11) is 0. The van der Waals surface area contributed by atoms with Gasteiger partial charge in [0, 0.05) is 27.4 Å². The largest absolute Gasteiger partial charge is 0.493 e. The normalized spacial score (nSPS) is 11.7. The molecule has 3 amide bonds. The highest BCUT2D eigenvalue weighted by Crippen LogP contribution is 2.37. The van der Waals surface area contributed by atoms with Crippen LogP contribution in [0.15, 0.2) is 162 Å². The minimum atomic E-state index is -0.531. The number of thioether (sulfide) groups is 1. The smallest absolute Gasteiger partial charge is 0.272 e. The number of hydrogen-bond acceptors (Lipinski definition) is 5. The van der Waals surface area contributed by atoms with E-state index in [1.807, 2.05) is 122 Å². The molecule has 0 heterocycles. The van der Waals surface area contributed by atoms with E-state index >= 15 is 0 Å². The zero-order valence-corrected chi connectivity index (χ0v) is 28.2. The molecule has 0 aliphatic rings. The Labute approximate surface area is 295 Å². The molecule has 1 atom stereocenters. The number of carbonyl (C=O) groups excluding carboxylic acids is 3. The Kier molecular flexibility index (Phi) is 11.0. The Balaban J connectivity index is 1.20. The first-order chi connectivity index (χ1) is 24.5. The van der Waals surface area contributed by atoms with Crippen LogP contribution in [0.25, 0.3) is 16.8 Å². The Morgan fingerprint density at radius 1 is 0.680 bits per heavy atom. The molecule has 6 aromatic carbocycles. The van der Waals surface area contributed by atoms with E-state index in [4.69, 9.17) is 4.74 Å². The summed E-state index contributed by atoms with van der Waals surface area (Å²) in [6.45, 7) is 2.33. The second-order valence-corrected chi connectivity index (χ2v) is 12.5. The van der Waals surface area contributed by atoms with Crippen LogP contribution >= 0.6 is 11.8 Å². The van der Waals surface area contributed by atoms with Gasteiger partial charge in [0.25, 0.3) is 11.8 Å². The van der Waals surface area contributed by atoms with E-state index in [1.165, 1.54) is 11.8 Å². The number of anilines is 2. The van der Waals surface area contributed by atoms with Crippen molar-refractivity contribution in [2.24, 2.45) is 0 Å². The van der Waals surface area contributed by atoms with Crippen molar-refractivity contribution >= 4 is 57.7 Å². The predicted molar refractivity (Wildman–Crippen MR) is 202 cm³/mol. The molecule has 0 aliphatic carbocycles. The molecule has 50 heavy (non-hydrogen) atoms. The van der Waals surface area contributed by atoms with Gasteiger partial charge in [0.1, 0.15) is 16.7 Å². The molecule has 0 aliphatic heterocycles. The number of benzene rings is 6. The van der Waals surface area contributed by atoms with E-state index in [9.17, 15) is 14.4 Å². The standard InChI is InChI=1S/C42H35N3O4S/c1-2-49-38-20-12-11-19-33(38)28-37(45-40(46)31-16-7-4-8-17-31)41(47)43-34-23-25-36(26-24-34)50-39(30-14-5-3-6-15-30)42(48)44-35-22-21-29-13-9-10-18-32(29)27-35/h3-28,39H,2H2,1H3,(H,43,47)(H,44,48)(H,45,46)/b37-28-. The van der Waals surface area contributed by atoms with E-state index in [0.717, 1.165) is 26.9 Å². The molecule has 0 radical (unpaired) electrons. The molecule has 1 unspecified atom stereocenters. The van der Waals surface area contributed by atoms with Crippen LogP contribution < -0.4 is 20.7 Å². The van der Waals surface area contributed by atoms with Gasteiger partial charge in [-0.3, -0.25) is 14.4 Å². The van der Waals surface area contributed by atoms with Gasteiger partial charge in [0.05, 0.1) is 6.61 Å². The predicted octanol–water partition coefficient (Wildman–Crippen LogP) is 9.12. The first-order valence-electron chi connectivity index (χ1n) is 16.2. The molecule has 6 rings (SSSR count). The lowest BCUT2D eigenvalue weighted by Gasteiger charge is -2.18. The third-order valence-corrected chi connectivity index (χ3v) is 9.04. The maximum atomic E-state index is 13.7. The van der Waals surface area contributed by atoms with Crippen molar-refractivity contribution in [2.75, 3.05) is 17.2 Å². The second kappa shape index (κ2) is 16.3. The van der Waals surface area contributed by atoms with Crippen molar-refractivity contribution in [3.8, 4) is 5.75 Å². The summed E-state index contributed by atoms with van der Waals surface area (Å²) >= 11 is 1.41. The minimum absolute atomic E-state index is 0.0546. The molecule has 248 valence electrons. The number of rotatable bonds is 12. The molecular formula is C42H35N3O4S. The third kappa shape index (κ3) is 8.66. The lowest BCUT2D eigenvalue weighted by molar-refractivity contribution is -0.116. The molecule has 3 N–H and O–H groups in total. The quantitative estimate of drug-likeness (QED) is 0.0887. The van der Waals surface area contributed by atoms with Crippen molar-refractivity contribution in [3.05, 3.63) is 174 Å². The highest BCUT2D eigenvalue weighted by molar-refractivity contribution is 8.00. The number of nitrogens with one attached hydrogen (secondary N) is 3. The monoisotopic (exact) mass is 677 g/mol. The summed E-state index contributed by atoms with van der Waals surface area (Å²) < 4.78 is 5.75. The van der Waals surface area contributed by atoms with Crippen molar-refractivity contribution in [3.63, 3.8) is 0 Å². The second-order valence-electron chi connectivity index (χ2n) is 11.3. The lowest BCUT2D eigenvalue weighted by Crippen LogP contribution is -2.30. The van der Waals surface area contributed by atoms with Crippen LogP contribution in [0, 0.1) is 0 Å². The number of amides is 3. The van der Waals surface area contributed by atoms with Crippen LogP contribution in [0.1, 0.15) is 33.7 Å². The summed E-state index contributed by atoms with van der Waals surface area (Å²) in [5.41, 5.74) is 3.23. The van der Waals surface area contributed by atoms with Crippen molar-refractivity contribution in [1.82, 2.24) is 5.32 Å². The van der Waals surface area contributed by atoms with Crippen LogP contribution in [0.5, 0.6) is 5.75 Å². The fraction of sp³-hybridized carbons (Fsp3) is 0.0714. The van der Waals surface area contributed by atoms with Gasteiger partial charge in [-0.15, -0.1) is 11.8 Å². The van der Waals surface area contributed by atoms with E-state index < -0.39 is 17.1 Å². The lowest BCUT2D eigenvalue weighted by atomic mass is 10.1. The van der Waals surface area contributed by atoms with Crippen molar-refractivity contribution in [2.45, 2.75) is 17.1 Å².